The zero-order chi connectivity index (χ0) is 39.1. The lowest BCUT2D eigenvalue weighted by Gasteiger charge is -2.43. The molecule has 0 bridgehead atoms. The van der Waals surface area contributed by atoms with Gasteiger partial charge >= 0.3 is 0 Å². The second kappa shape index (κ2) is 17.4. The van der Waals surface area contributed by atoms with Crippen LogP contribution in [-0.2, 0) is 16.1 Å². The number of amides is 1. The van der Waals surface area contributed by atoms with E-state index in [1.165, 1.54) is 18.7 Å². The van der Waals surface area contributed by atoms with Crippen LogP contribution >= 0.6 is 11.8 Å². The van der Waals surface area contributed by atoms with Gasteiger partial charge in [-0.25, -0.2) is 4.98 Å². The van der Waals surface area contributed by atoms with Gasteiger partial charge in [-0.15, -0.1) is 0 Å². The molecule has 1 saturated heterocycles. The summed E-state index contributed by atoms with van der Waals surface area (Å²) in [5, 5.41) is 13.3. The number of hydrogen-bond acceptors (Lipinski definition) is 8. The number of carbonyl (C=O) groups is 2. The summed E-state index contributed by atoms with van der Waals surface area (Å²) >= 11 is 1.48. The van der Waals surface area contributed by atoms with Crippen molar-refractivity contribution in [3.63, 3.8) is 0 Å². The van der Waals surface area contributed by atoms with Crippen LogP contribution in [0.5, 0.6) is 0 Å². The average molecular weight is 773 g/mol. The van der Waals surface area contributed by atoms with Gasteiger partial charge in [-0.3, -0.25) is 9.59 Å². The van der Waals surface area contributed by atoms with Crippen LogP contribution in [0.2, 0.25) is 0 Å². The molecule has 1 aromatic heterocycles. The molecule has 0 spiro atoms. The number of aliphatic hydroxyl groups is 1. The van der Waals surface area contributed by atoms with Crippen molar-refractivity contribution in [3.8, 4) is 22.6 Å². The van der Waals surface area contributed by atoms with Gasteiger partial charge < -0.3 is 24.3 Å². The molecule has 57 heavy (non-hydrogen) atoms. The number of rotatable bonds is 12. The first-order valence-corrected chi connectivity index (χ1v) is 19.7. The van der Waals surface area contributed by atoms with Gasteiger partial charge in [0.15, 0.2) is 17.8 Å². The van der Waals surface area contributed by atoms with E-state index in [2.05, 4.69) is 17.4 Å². The molecule has 4 atom stereocenters. The van der Waals surface area contributed by atoms with E-state index in [-0.39, 0.29) is 24.2 Å². The fourth-order valence-corrected chi connectivity index (χ4v) is 7.98. The van der Waals surface area contributed by atoms with Gasteiger partial charge in [-0.1, -0.05) is 151 Å². The van der Waals surface area contributed by atoms with E-state index in [0.29, 0.717) is 39.1 Å². The number of Topliss-reactive ketones (excluding diaryl/α,β-unsaturated/α-hetero) is 1. The molecule has 0 radical (unpaired) electrons. The number of anilines is 1. The summed E-state index contributed by atoms with van der Waals surface area (Å²) in [6.07, 6.45) is -1.70. The number of nitrogens with zero attached hydrogens (tertiary/aromatic N) is 1. The van der Waals surface area contributed by atoms with Crippen molar-refractivity contribution in [3.05, 3.63) is 197 Å². The van der Waals surface area contributed by atoms with Gasteiger partial charge in [0.25, 0.3) is 11.1 Å². The molecule has 6 aromatic carbocycles. The fraction of sp³-hybridized carbons (Fsp3) is 0.146. The molecular weight excluding hydrogens is 733 g/mol. The minimum atomic E-state index is -0.837. The molecule has 2 heterocycles. The van der Waals surface area contributed by atoms with Crippen LogP contribution in [0.15, 0.2) is 173 Å². The van der Waals surface area contributed by atoms with Crippen LogP contribution in [0.4, 0.5) is 5.69 Å². The summed E-state index contributed by atoms with van der Waals surface area (Å²) < 4.78 is 20.4. The van der Waals surface area contributed by atoms with Crippen LogP contribution in [0.25, 0.3) is 22.6 Å². The molecule has 4 unspecified atom stereocenters. The van der Waals surface area contributed by atoms with Gasteiger partial charge in [0.1, 0.15) is 5.69 Å². The van der Waals surface area contributed by atoms with Crippen molar-refractivity contribution in [1.29, 1.82) is 0 Å². The number of nitrogens with one attached hydrogen (secondary N) is 1. The third-order valence-electron chi connectivity index (χ3n) is 9.98. The molecule has 7 aromatic rings. The zero-order valence-electron chi connectivity index (χ0n) is 31.2. The largest absolute Gasteiger partial charge is 0.431 e. The lowest BCUT2D eigenvalue weighted by Crippen LogP contribution is -2.38. The molecule has 1 aliphatic heterocycles. The van der Waals surface area contributed by atoms with Crippen LogP contribution in [0.3, 0.4) is 0 Å². The van der Waals surface area contributed by atoms with Crippen molar-refractivity contribution in [2.24, 2.45) is 0 Å². The number of aliphatic hydroxyl groups excluding tert-OH is 1. The summed E-state index contributed by atoms with van der Waals surface area (Å²) in [7, 11) is 0. The van der Waals surface area contributed by atoms with Gasteiger partial charge in [-0.05, 0) is 47.9 Å². The molecule has 9 heteroatoms. The number of ether oxygens (including phenoxy) is 2. The lowest BCUT2D eigenvalue weighted by atomic mass is 9.84. The Hall–Kier alpha value is -6.10. The number of benzene rings is 6. The first kappa shape index (κ1) is 37.8. The molecule has 8 nitrogen and oxygen atoms in total. The summed E-state index contributed by atoms with van der Waals surface area (Å²) in [5.41, 5.74) is 7.54. The SMILES string of the molecule is CC(=O)c1cccc(NC(=O)c2cccc(C3OC(CSc4nc(-c5ccccc5)c(-c5ccccc5)o4)C(c4ccccc4)C(c4ccc(CO)cc4)O3)c2)c1. The van der Waals surface area contributed by atoms with E-state index in [1.807, 2.05) is 115 Å². The Balaban J connectivity index is 1.14. The van der Waals surface area contributed by atoms with Gasteiger partial charge in [0, 0.05) is 45.2 Å². The van der Waals surface area contributed by atoms with Crippen molar-refractivity contribution in [2.45, 2.75) is 43.2 Å². The second-order valence-electron chi connectivity index (χ2n) is 13.8. The van der Waals surface area contributed by atoms with Crippen molar-refractivity contribution in [2.75, 3.05) is 11.1 Å². The fourth-order valence-electron chi connectivity index (χ4n) is 7.09. The maximum atomic E-state index is 13.6. The average Bonchev–Trinajstić information content (AvgIpc) is 3.71. The Morgan fingerprint density at radius 3 is 2.04 bits per heavy atom. The molecule has 1 amide bonds. The Kier molecular flexibility index (Phi) is 11.5. The first-order valence-electron chi connectivity index (χ1n) is 18.8. The maximum absolute atomic E-state index is 13.6. The van der Waals surface area contributed by atoms with Crippen LogP contribution in [0.1, 0.15) is 68.2 Å². The van der Waals surface area contributed by atoms with Crippen LogP contribution in [-0.4, -0.2) is 33.6 Å². The standard InChI is InChI=1S/C48H40N2O6S/c1-31(52)37-19-12-22-40(28-37)49-46(53)38-20-11-21-39(27-38)47-54-41(42(33-13-5-2-6-14-33)44(55-47)36-25-23-32(29-51)24-26-36)30-57-48-50-43(34-15-7-3-8-16-34)45(56-48)35-17-9-4-10-18-35/h2-28,41-42,44,47,51H,29-30H2,1H3,(H,49,53). The van der Waals surface area contributed by atoms with Crippen molar-refractivity contribution >= 4 is 29.1 Å². The summed E-state index contributed by atoms with van der Waals surface area (Å²) in [5.74, 6) is 0.510. The van der Waals surface area contributed by atoms with E-state index in [0.717, 1.165) is 33.5 Å². The maximum Gasteiger partial charge on any atom is 0.256 e. The molecule has 8 rings (SSSR count). The molecule has 0 aliphatic carbocycles. The Morgan fingerprint density at radius 2 is 1.33 bits per heavy atom. The quantitative estimate of drug-likeness (QED) is 0.0933. The molecule has 284 valence electrons. The van der Waals surface area contributed by atoms with Crippen LogP contribution < -0.4 is 5.32 Å². The Labute approximate surface area is 335 Å². The second-order valence-corrected chi connectivity index (χ2v) is 14.8. The van der Waals surface area contributed by atoms with E-state index >= 15 is 0 Å². The lowest BCUT2D eigenvalue weighted by molar-refractivity contribution is -0.255. The minimum absolute atomic E-state index is 0.0705. The molecule has 1 fully saturated rings. The Bertz CT molecular complexity index is 2400. The summed E-state index contributed by atoms with van der Waals surface area (Å²) in [4.78, 5) is 30.5. The summed E-state index contributed by atoms with van der Waals surface area (Å²) in [6.45, 7) is 1.42. The van der Waals surface area contributed by atoms with Gasteiger partial charge in [0.2, 0.25) is 0 Å². The van der Waals surface area contributed by atoms with Gasteiger partial charge in [-0.2, -0.15) is 0 Å². The predicted octanol–water partition coefficient (Wildman–Crippen LogP) is 10.7. The molecular formula is C48H40N2O6S. The van der Waals surface area contributed by atoms with E-state index in [9.17, 15) is 14.7 Å². The molecule has 0 saturated carbocycles. The minimum Gasteiger partial charge on any atom is -0.431 e. The monoisotopic (exact) mass is 772 g/mol. The van der Waals surface area contributed by atoms with E-state index in [1.54, 1.807) is 36.4 Å². The van der Waals surface area contributed by atoms with E-state index in [4.69, 9.17) is 18.9 Å². The smallest absolute Gasteiger partial charge is 0.256 e. The number of thioether (sulfide) groups is 1. The highest BCUT2D eigenvalue weighted by molar-refractivity contribution is 7.99. The predicted molar refractivity (Wildman–Crippen MR) is 222 cm³/mol. The number of hydrogen-bond donors (Lipinski definition) is 2. The normalized spacial score (nSPS) is 17.9. The van der Waals surface area contributed by atoms with Gasteiger partial charge in [0.05, 0.1) is 18.8 Å². The topological polar surface area (TPSA) is 111 Å². The molecule has 2 N–H and O–H groups in total. The molecule has 1 aliphatic rings. The number of ketones is 1. The first-order chi connectivity index (χ1) is 27.9. The highest BCUT2D eigenvalue weighted by Gasteiger charge is 2.42. The third-order valence-corrected chi connectivity index (χ3v) is 10.9. The van der Waals surface area contributed by atoms with E-state index < -0.39 is 18.5 Å². The third kappa shape index (κ3) is 8.67. The number of oxazole rings is 1. The Morgan fingerprint density at radius 1 is 0.684 bits per heavy atom. The number of aromatic nitrogens is 1. The highest BCUT2D eigenvalue weighted by Crippen LogP contribution is 2.48. The zero-order valence-corrected chi connectivity index (χ0v) is 32.0. The van der Waals surface area contributed by atoms with Crippen LogP contribution in [0, 0.1) is 0 Å². The number of carbonyl (C=O) groups excluding carboxylic acids is 2. The summed E-state index contributed by atoms with van der Waals surface area (Å²) in [6, 6.07) is 52.1. The van der Waals surface area contributed by atoms with Crippen molar-refractivity contribution < 1.29 is 28.6 Å². The van der Waals surface area contributed by atoms with Crippen molar-refractivity contribution in [1.82, 2.24) is 4.98 Å². The highest BCUT2D eigenvalue weighted by atomic mass is 32.2.